The Morgan fingerprint density at radius 2 is 0.494 bits per heavy atom. The van der Waals surface area contributed by atoms with E-state index >= 15 is 0 Å². The highest BCUT2D eigenvalue weighted by Crippen LogP contribution is 2.17. The van der Waals surface area contributed by atoms with Gasteiger partial charge in [0.15, 0.2) is 6.10 Å². The van der Waals surface area contributed by atoms with E-state index in [0.717, 1.165) is 109 Å². The SMILES string of the molecule is CC/C=C\C/C=C\C/C=C\C/C=C\C/C=C\CCCCCCCCCCCCCCCCCCCC(=O)OCC(COC(=O)CCCCCCC/C=C\CCCCCCC)OC(=O)CCCCCCC/C=C\CCCCCCC. The van der Waals surface area contributed by atoms with Crippen LogP contribution in [0.25, 0.3) is 0 Å². The number of hydrogen-bond donors (Lipinski definition) is 0. The fourth-order valence-corrected chi connectivity index (χ4v) is 9.76. The van der Waals surface area contributed by atoms with E-state index < -0.39 is 6.10 Å². The molecule has 0 radical (unpaired) electrons. The van der Waals surface area contributed by atoms with Crippen LogP contribution in [-0.4, -0.2) is 37.2 Å². The van der Waals surface area contributed by atoms with Crippen LogP contribution in [0.15, 0.2) is 85.1 Å². The highest BCUT2D eigenvalue weighted by Gasteiger charge is 2.19. The number of rotatable bonds is 62. The average Bonchev–Trinajstić information content (AvgIpc) is 3.45. The first-order valence-electron chi connectivity index (χ1n) is 34.1. The molecule has 0 aromatic carbocycles. The maximum Gasteiger partial charge on any atom is 0.306 e. The Balaban J connectivity index is 4.15. The summed E-state index contributed by atoms with van der Waals surface area (Å²) in [6.45, 7) is 6.53. The van der Waals surface area contributed by atoms with Crippen molar-refractivity contribution in [3.05, 3.63) is 85.1 Å². The summed E-state index contributed by atoms with van der Waals surface area (Å²) >= 11 is 0. The van der Waals surface area contributed by atoms with Crippen molar-refractivity contribution in [1.82, 2.24) is 0 Å². The Morgan fingerprint density at radius 1 is 0.266 bits per heavy atom. The van der Waals surface area contributed by atoms with Crippen LogP contribution in [0.5, 0.6) is 0 Å². The van der Waals surface area contributed by atoms with Gasteiger partial charge in [-0.15, -0.1) is 0 Å². The number of allylic oxidation sites excluding steroid dienone is 14. The predicted octanol–water partition coefficient (Wildman–Crippen LogP) is 23.4. The highest BCUT2D eigenvalue weighted by molar-refractivity contribution is 5.71. The summed E-state index contributed by atoms with van der Waals surface area (Å²) in [4.78, 5) is 38.3. The molecule has 0 aliphatic rings. The molecule has 0 N–H and O–H groups in total. The molecule has 0 aliphatic heterocycles. The van der Waals surface area contributed by atoms with Crippen LogP contribution in [0, 0.1) is 0 Å². The molecule has 1 unspecified atom stereocenters. The van der Waals surface area contributed by atoms with Crippen LogP contribution < -0.4 is 0 Å². The first kappa shape index (κ1) is 75.6. The van der Waals surface area contributed by atoms with Crippen LogP contribution in [0.1, 0.15) is 342 Å². The minimum Gasteiger partial charge on any atom is -0.462 e. The third kappa shape index (κ3) is 65.3. The summed E-state index contributed by atoms with van der Waals surface area (Å²) in [6.07, 6.45) is 89.0. The molecule has 0 aromatic heterocycles. The molecule has 0 saturated carbocycles. The summed E-state index contributed by atoms with van der Waals surface area (Å²) in [6, 6.07) is 0. The van der Waals surface area contributed by atoms with Gasteiger partial charge in [0, 0.05) is 19.3 Å². The summed E-state index contributed by atoms with van der Waals surface area (Å²) in [5.41, 5.74) is 0. The largest absolute Gasteiger partial charge is 0.462 e. The summed E-state index contributed by atoms with van der Waals surface area (Å²) < 4.78 is 16.9. The van der Waals surface area contributed by atoms with E-state index in [2.05, 4.69) is 106 Å². The zero-order valence-electron chi connectivity index (χ0n) is 52.4. The topological polar surface area (TPSA) is 78.9 Å². The standard InChI is InChI=1S/C73H128O6/c1-4-7-10-13-16-19-22-25-28-29-30-31-32-33-34-35-36-37-38-39-40-41-42-43-44-45-46-49-51-54-57-60-63-66-72(75)78-69-70(79-73(76)67-64-61-58-55-52-48-27-24-21-18-15-12-9-6-3)68-77-71(74)65-62-59-56-53-50-47-26-23-20-17-14-11-8-5-2/h7,10,16,19,23-28,30-31,33-34,70H,4-6,8-9,11-15,17-18,20-22,29,32,35-69H2,1-3H3/b10-7-,19-16-,26-23-,27-24-,28-25-,31-30-,34-33-. The monoisotopic (exact) mass is 1100 g/mol. The fraction of sp³-hybridized carbons (Fsp3) is 0.767. The van der Waals surface area contributed by atoms with E-state index in [4.69, 9.17) is 14.2 Å². The summed E-state index contributed by atoms with van der Waals surface area (Å²) in [5.74, 6) is -0.880. The van der Waals surface area contributed by atoms with Crippen LogP contribution >= 0.6 is 0 Å². The molecule has 0 aromatic rings. The van der Waals surface area contributed by atoms with E-state index in [1.165, 1.54) is 193 Å². The number of ether oxygens (including phenoxy) is 3. The van der Waals surface area contributed by atoms with E-state index in [9.17, 15) is 14.4 Å². The molecule has 0 saturated heterocycles. The van der Waals surface area contributed by atoms with Crippen LogP contribution in [-0.2, 0) is 28.6 Å². The van der Waals surface area contributed by atoms with Gasteiger partial charge in [-0.25, -0.2) is 0 Å². The van der Waals surface area contributed by atoms with Crippen LogP contribution in [0.4, 0.5) is 0 Å². The Morgan fingerprint density at radius 3 is 0.785 bits per heavy atom. The van der Waals surface area contributed by atoms with Gasteiger partial charge in [-0.2, -0.15) is 0 Å². The van der Waals surface area contributed by atoms with E-state index in [0.29, 0.717) is 19.3 Å². The van der Waals surface area contributed by atoms with Crippen molar-refractivity contribution in [3.8, 4) is 0 Å². The van der Waals surface area contributed by atoms with Gasteiger partial charge in [-0.1, -0.05) is 292 Å². The van der Waals surface area contributed by atoms with Crippen molar-refractivity contribution in [2.75, 3.05) is 13.2 Å². The molecule has 79 heavy (non-hydrogen) atoms. The lowest BCUT2D eigenvalue weighted by atomic mass is 10.0. The molecular formula is C73H128O6. The van der Waals surface area contributed by atoms with Crippen LogP contribution in [0.2, 0.25) is 0 Å². The van der Waals surface area contributed by atoms with E-state index in [-0.39, 0.29) is 31.1 Å². The molecule has 456 valence electrons. The third-order valence-electron chi connectivity index (χ3n) is 14.9. The number of unbranched alkanes of at least 4 members (excludes halogenated alkanes) is 37. The maximum absolute atomic E-state index is 12.9. The molecule has 0 heterocycles. The summed E-state index contributed by atoms with van der Waals surface area (Å²) in [5, 5.41) is 0. The summed E-state index contributed by atoms with van der Waals surface area (Å²) in [7, 11) is 0. The lowest BCUT2D eigenvalue weighted by Crippen LogP contribution is -2.30. The van der Waals surface area contributed by atoms with Crippen molar-refractivity contribution in [2.45, 2.75) is 348 Å². The number of hydrogen-bond acceptors (Lipinski definition) is 6. The van der Waals surface area contributed by atoms with Crippen molar-refractivity contribution >= 4 is 17.9 Å². The van der Waals surface area contributed by atoms with Gasteiger partial charge >= 0.3 is 17.9 Å². The van der Waals surface area contributed by atoms with Crippen molar-refractivity contribution in [1.29, 1.82) is 0 Å². The van der Waals surface area contributed by atoms with Gasteiger partial charge < -0.3 is 14.2 Å². The van der Waals surface area contributed by atoms with Gasteiger partial charge in [-0.05, 0) is 116 Å². The molecule has 1 atom stereocenters. The van der Waals surface area contributed by atoms with Crippen molar-refractivity contribution in [2.24, 2.45) is 0 Å². The Bertz CT molecular complexity index is 1500. The van der Waals surface area contributed by atoms with Crippen LogP contribution in [0.3, 0.4) is 0 Å². The first-order chi connectivity index (χ1) is 39.0. The molecule has 6 nitrogen and oxygen atoms in total. The maximum atomic E-state index is 12.9. The van der Waals surface area contributed by atoms with Crippen molar-refractivity contribution < 1.29 is 28.6 Å². The Hall–Kier alpha value is -3.41. The first-order valence-corrected chi connectivity index (χ1v) is 34.1. The molecular weight excluding hydrogens is 973 g/mol. The Kier molecular flexibility index (Phi) is 64.2. The van der Waals surface area contributed by atoms with Gasteiger partial charge in [-0.3, -0.25) is 14.4 Å². The third-order valence-corrected chi connectivity index (χ3v) is 14.9. The number of carbonyl (C=O) groups is 3. The molecule has 0 fully saturated rings. The minimum atomic E-state index is -0.782. The Labute approximate surface area is 490 Å². The number of esters is 3. The fourth-order valence-electron chi connectivity index (χ4n) is 9.76. The number of carbonyl (C=O) groups excluding carboxylic acids is 3. The lowest BCUT2D eigenvalue weighted by Gasteiger charge is -2.18. The molecule has 0 aliphatic carbocycles. The van der Waals surface area contributed by atoms with Gasteiger partial charge in [0.25, 0.3) is 0 Å². The molecule has 0 rings (SSSR count). The zero-order chi connectivity index (χ0) is 57.1. The predicted molar refractivity (Wildman–Crippen MR) is 344 cm³/mol. The second-order valence-corrected chi connectivity index (χ2v) is 22.7. The van der Waals surface area contributed by atoms with Gasteiger partial charge in [0.2, 0.25) is 0 Å². The van der Waals surface area contributed by atoms with Gasteiger partial charge in [0.1, 0.15) is 13.2 Å². The normalized spacial score (nSPS) is 12.6. The second-order valence-electron chi connectivity index (χ2n) is 22.7. The average molecular weight is 1100 g/mol. The van der Waals surface area contributed by atoms with Gasteiger partial charge in [0.05, 0.1) is 0 Å². The molecule has 0 amide bonds. The molecule has 6 heteroatoms. The highest BCUT2D eigenvalue weighted by atomic mass is 16.6. The lowest BCUT2D eigenvalue weighted by molar-refractivity contribution is -0.167. The molecule has 0 bridgehead atoms. The zero-order valence-corrected chi connectivity index (χ0v) is 52.4. The smallest absolute Gasteiger partial charge is 0.306 e. The second kappa shape index (κ2) is 67.1. The quantitative estimate of drug-likeness (QED) is 0.0261. The minimum absolute atomic E-state index is 0.0785. The van der Waals surface area contributed by atoms with Crippen molar-refractivity contribution in [3.63, 3.8) is 0 Å². The molecule has 0 spiro atoms. The van der Waals surface area contributed by atoms with E-state index in [1.807, 2.05) is 0 Å². The van der Waals surface area contributed by atoms with E-state index in [1.54, 1.807) is 0 Å².